The van der Waals surface area contributed by atoms with Gasteiger partial charge in [0, 0.05) is 42.8 Å². The van der Waals surface area contributed by atoms with Crippen LogP contribution in [0.25, 0.3) is 0 Å². The van der Waals surface area contributed by atoms with E-state index in [1.165, 1.54) is 0 Å². The highest BCUT2D eigenvalue weighted by atomic mass is 35.5. The third-order valence-corrected chi connectivity index (χ3v) is 4.48. The van der Waals surface area contributed by atoms with Gasteiger partial charge in [0.2, 0.25) is 5.91 Å². The summed E-state index contributed by atoms with van der Waals surface area (Å²) in [5.41, 5.74) is 0.719. The predicted molar refractivity (Wildman–Crippen MR) is 92.7 cm³/mol. The smallest absolute Gasteiger partial charge is 0.321 e. The van der Waals surface area contributed by atoms with Crippen molar-refractivity contribution >= 4 is 29.2 Å². The number of urea groups is 1. The minimum absolute atomic E-state index is 0.0458. The number of nitrogens with one attached hydrogen (secondary N) is 1. The Morgan fingerprint density at radius 3 is 2.39 bits per heavy atom. The SMILES string of the molecule is CC[C@H](C)C(=O)N1CCCN(C(=O)Nc2ccc(Cl)cc2)CC1. The molecule has 0 unspecified atom stereocenters. The van der Waals surface area contributed by atoms with Gasteiger partial charge in [-0.25, -0.2) is 4.79 Å². The summed E-state index contributed by atoms with van der Waals surface area (Å²) in [5, 5.41) is 3.51. The van der Waals surface area contributed by atoms with Crippen molar-refractivity contribution in [2.24, 2.45) is 5.92 Å². The van der Waals surface area contributed by atoms with Gasteiger partial charge in [-0.3, -0.25) is 4.79 Å². The number of hydrogen-bond acceptors (Lipinski definition) is 2. The van der Waals surface area contributed by atoms with Crippen molar-refractivity contribution in [2.75, 3.05) is 31.5 Å². The summed E-state index contributed by atoms with van der Waals surface area (Å²) in [5.74, 6) is 0.233. The van der Waals surface area contributed by atoms with E-state index >= 15 is 0 Å². The highest BCUT2D eigenvalue weighted by molar-refractivity contribution is 6.30. The molecule has 0 bridgehead atoms. The van der Waals surface area contributed by atoms with Crippen molar-refractivity contribution in [2.45, 2.75) is 26.7 Å². The molecule has 1 aliphatic heterocycles. The van der Waals surface area contributed by atoms with Crippen LogP contribution in [0.2, 0.25) is 5.02 Å². The fourth-order valence-corrected chi connectivity index (χ4v) is 2.69. The van der Waals surface area contributed by atoms with E-state index in [0.29, 0.717) is 31.2 Å². The zero-order valence-corrected chi connectivity index (χ0v) is 14.5. The monoisotopic (exact) mass is 337 g/mol. The molecule has 1 aromatic rings. The molecular formula is C17H24ClN3O2. The molecule has 1 N–H and O–H groups in total. The Hall–Kier alpha value is -1.75. The number of benzene rings is 1. The first-order chi connectivity index (χ1) is 11.0. The van der Waals surface area contributed by atoms with Gasteiger partial charge in [0.05, 0.1) is 0 Å². The number of halogens is 1. The van der Waals surface area contributed by atoms with Crippen LogP contribution < -0.4 is 5.32 Å². The van der Waals surface area contributed by atoms with Crippen LogP contribution in [0.5, 0.6) is 0 Å². The van der Waals surface area contributed by atoms with E-state index in [-0.39, 0.29) is 17.9 Å². The third kappa shape index (κ3) is 4.86. The Kier molecular flexibility index (Phi) is 6.28. The first-order valence-corrected chi connectivity index (χ1v) is 8.49. The van der Waals surface area contributed by atoms with E-state index in [2.05, 4.69) is 5.32 Å². The van der Waals surface area contributed by atoms with Gasteiger partial charge >= 0.3 is 6.03 Å². The molecule has 0 radical (unpaired) electrons. The van der Waals surface area contributed by atoms with Crippen molar-refractivity contribution < 1.29 is 9.59 Å². The molecule has 1 aromatic carbocycles. The van der Waals surface area contributed by atoms with E-state index in [0.717, 1.165) is 18.5 Å². The quantitative estimate of drug-likeness (QED) is 0.918. The summed E-state index contributed by atoms with van der Waals surface area (Å²) < 4.78 is 0. The fourth-order valence-electron chi connectivity index (χ4n) is 2.56. The molecule has 1 aliphatic rings. The Morgan fingerprint density at radius 2 is 1.74 bits per heavy atom. The summed E-state index contributed by atoms with van der Waals surface area (Å²) >= 11 is 5.84. The second kappa shape index (κ2) is 8.20. The van der Waals surface area contributed by atoms with E-state index < -0.39 is 0 Å². The molecule has 126 valence electrons. The van der Waals surface area contributed by atoms with Gasteiger partial charge in [0.15, 0.2) is 0 Å². The predicted octanol–water partition coefficient (Wildman–Crippen LogP) is 3.45. The van der Waals surface area contributed by atoms with E-state index in [1.54, 1.807) is 29.2 Å². The lowest BCUT2D eigenvalue weighted by Crippen LogP contribution is -2.40. The summed E-state index contributed by atoms with van der Waals surface area (Å²) in [6.45, 7) is 6.50. The zero-order chi connectivity index (χ0) is 16.8. The molecule has 6 heteroatoms. The van der Waals surface area contributed by atoms with Gasteiger partial charge in [-0.2, -0.15) is 0 Å². The lowest BCUT2D eigenvalue weighted by Gasteiger charge is -2.24. The van der Waals surface area contributed by atoms with Crippen molar-refractivity contribution in [1.82, 2.24) is 9.80 Å². The summed E-state index contributed by atoms with van der Waals surface area (Å²) in [6, 6.07) is 6.90. The minimum atomic E-state index is -0.134. The van der Waals surface area contributed by atoms with Crippen LogP contribution in [0.4, 0.5) is 10.5 Å². The number of nitrogens with zero attached hydrogens (tertiary/aromatic N) is 2. The molecule has 2 rings (SSSR count). The highest BCUT2D eigenvalue weighted by Gasteiger charge is 2.24. The second-order valence-corrected chi connectivity index (χ2v) is 6.35. The maximum Gasteiger partial charge on any atom is 0.321 e. The summed E-state index contributed by atoms with van der Waals surface area (Å²) in [6.07, 6.45) is 1.65. The van der Waals surface area contributed by atoms with Crippen molar-refractivity contribution in [3.8, 4) is 0 Å². The largest absolute Gasteiger partial charge is 0.341 e. The summed E-state index contributed by atoms with van der Waals surface area (Å²) in [4.78, 5) is 28.3. The second-order valence-electron chi connectivity index (χ2n) is 5.91. The van der Waals surface area contributed by atoms with Crippen molar-refractivity contribution in [3.05, 3.63) is 29.3 Å². The maximum absolute atomic E-state index is 12.4. The first kappa shape index (κ1) is 17.6. The average Bonchev–Trinajstić information content (AvgIpc) is 2.81. The lowest BCUT2D eigenvalue weighted by molar-refractivity contribution is -0.134. The molecule has 1 heterocycles. The van der Waals surface area contributed by atoms with Crippen molar-refractivity contribution in [1.29, 1.82) is 0 Å². The Morgan fingerprint density at radius 1 is 1.13 bits per heavy atom. The topological polar surface area (TPSA) is 52.7 Å². The van der Waals surface area contributed by atoms with E-state index in [9.17, 15) is 9.59 Å². The van der Waals surface area contributed by atoms with Crippen LogP contribution in [-0.4, -0.2) is 47.9 Å². The van der Waals surface area contributed by atoms with E-state index in [4.69, 9.17) is 11.6 Å². The molecule has 5 nitrogen and oxygen atoms in total. The number of rotatable bonds is 3. The van der Waals surface area contributed by atoms with Gasteiger partial charge in [-0.05, 0) is 37.1 Å². The van der Waals surface area contributed by atoms with Crippen LogP contribution in [-0.2, 0) is 4.79 Å². The van der Waals surface area contributed by atoms with Crippen LogP contribution in [0, 0.1) is 5.92 Å². The number of carbonyl (C=O) groups is 2. The number of hydrogen-bond donors (Lipinski definition) is 1. The van der Waals surface area contributed by atoms with E-state index in [1.807, 2.05) is 18.7 Å². The van der Waals surface area contributed by atoms with Crippen LogP contribution in [0.15, 0.2) is 24.3 Å². The molecule has 1 fully saturated rings. The van der Waals surface area contributed by atoms with Crippen LogP contribution >= 0.6 is 11.6 Å². The van der Waals surface area contributed by atoms with Gasteiger partial charge in [0.1, 0.15) is 0 Å². The number of carbonyl (C=O) groups excluding carboxylic acids is 2. The molecule has 0 spiro atoms. The van der Waals surface area contributed by atoms with Gasteiger partial charge in [-0.15, -0.1) is 0 Å². The standard InChI is InChI=1S/C17H24ClN3O2/c1-3-13(2)16(22)20-9-4-10-21(12-11-20)17(23)19-15-7-5-14(18)6-8-15/h5-8,13H,3-4,9-12H2,1-2H3,(H,19,23)/t13-/m0/s1. The normalized spacial score (nSPS) is 16.7. The lowest BCUT2D eigenvalue weighted by atomic mass is 10.1. The Bertz CT molecular complexity index is 547. The molecule has 1 atom stereocenters. The molecule has 0 saturated carbocycles. The number of anilines is 1. The van der Waals surface area contributed by atoms with Crippen LogP contribution in [0.1, 0.15) is 26.7 Å². The Balaban J connectivity index is 1.90. The highest BCUT2D eigenvalue weighted by Crippen LogP contribution is 2.15. The first-order valence-electron chi connectivity index (χ1n) is 8.11. The molecule has 3 amide bonds. The van der Waals surface area contributed by atoms with Gasteiger partial charge in [-0.1, -0.05) is 25.4 Å². The molecule has 1 saturated heterocycles. The minimum Gasteiger partial charge on any atom is -0.341 e. The number of amides is 3. The molecule has 23 heavy (non-hydrogen) atoms. The molecule has 0 aliphatic carbocycles. The fraction of sp³-hybridized carbons (Fsp3) is 0.529. The maximum atomic E-state index is 12.4. The summed E-state index contributed by atoms with van der Waals surface area (Å²) in [7, 11) is 0. The van der Waals surface area contributed by atoms with Gasteiger partial charge in [0.25, 0.3) is 0 Å². The average molecular weight is 338 g/mol. The van der Waals surface area contributed by atoms with Crippen LogP contribution in [0.3, 0.4) is 0 Å². The van der Waals surface area contributed by atoms with Gasteiger partial charge < -0.3 is 15.1 Å². The molecular weight excluding hydrogens is 314 g/mol. The van der Waals surface area contributed by atoms with Crippen molar-refractivity contribution in [3.63, 3.8) is 0 Å². The molecule has 0 aromatic heterocycles. The third-order valence-electron chi connectivity index (χ3n) is 4.22. The Labute approximate surface area is 142 Å². The zero-order valence-electron chi connectivity index (χ0n) is 13.7.